The van der Waals surface area contributed by atoms with Crippen LogP contribution in [0.3, 0.4) is 0 Å². The molecule has 0 saturated heterocycles. The van der Waals surface area contributed by atoms with Gasteiger partial charge in [-0.2, -0.15) is 0 Å². The first-order valence-electron chi connectivity index (χ1n) is 7.17. The lowest BCUT2D eigenvalue weighted by molar-refractivity contribution is 0.227. The summed E-state index contributed by atoms with van der Waals surface area (Å²) in [5, 5.41) is 0. The van der Waals surface area contributed by atoms with Crippen molar-refractivity contribution in [2.45, 2.75) is 51.5 Å². The Morgan fingerprint density at radius 3 is 2.89 bits per heavy atom. The zero-order valence-corrected chi connectivity index (χ0v) is 11.6. The van der Waals surface area contributed by atoms with Crippen LogP contribution >= 0.6 is 0 Å². The van der Waals surface area contributed by atoms with Crippen LogP contribution in [0.4, 0.5) is 0 Å². The van der Waals surface area contributed by atoms with Gasteiger partial charge in [0.25, 0.3) is 0 Å². The molecule has 0 bridgehead atoms. The minimum atomic E-state index is -0.192. The van der Waals surface area contributed by atoms with Gasteiger partial charge < -0.3 is 10.5 Å². The van der Waals surface area contributed by atoms with Gasteiger partial charge in [-0.1, -0.05) is 44.9 Å². The van der Waals surface area contributed by atoms with Gasteiger partial charge in [-0.15, -0.1) is 0 Å². The average Bonchev–Trinajstić information content (AvgIpc) is 2.36. The molecule has 1 aromatic carbocycles. The predicted octanol–water partition coefficient (Wildman–Crippen LogP) is 3.84. The Hall–Kier alpha value is -1.02. The van der Waals surface area contributed by atoms with Gasteiger partial charge in [0.2, 0.25) is 0 Å². The molecule has 0 aliphatic heterocycles. The Bertz CT molecular complexity index is 390. The molecule has 0 radical (unpaired) electrons. The number of nitrogens with two attached hydrogens (primary N) is 1. The van der Waals surface area contributed by atoms with Crippen molar-refractivity contribution in [1.82, 2.24) is 0 Å². The van der Waals surface area contributed by atoms with Gasteiger partial charge in [-0.25, -0.2) is 0 Å². The number of hydrogen-bond acceptors (Lipinski definition) is 2. The second kappa shape index (κ2) is 5.75. The van der Waals surface area contributed by atoms with Crippen molar-refractivity contribution in [3.8, 4) is 5.75 Å². The molecule has 2 heteroatoms. The van der Waals surface area contributed by atoms with E-state index in [0.717, 1.165) is 31.6 Å². The lowest BCUT2D eigenvalue weighted by Crippen LogP contribution is -2.41. The highest BCUT2D eigenvalue weighted by molar-refractivity contribution is 5.39. The summed E-state index contributed by atoms with van der Waals surface area (Å²) in [7, 11) is 0. The molecule has 1 saturated carbocycles. The minimum absolute atomic E-state index is 0.192. The second-order valence-electron chi connectivity index (χ2n) is 5.70. The Labute approximate surface area is 111 Å². The quantitative estimate of drug-likeness (QED) is 0.877. The van der Waals surface area contributed by atoms with Gasteiger partial charge in [-0.05, 0) is 31.2 Å². The van der Waals surface area contributed by atoms with E-state index in [1.165, 1.54) is 18.4 Å². The minimum Gasteiger partial charge on any atom is -0.493 e. The highest BCUT2D eigenvalue weighted by Crippen LogP contribution is 2.41. The van der Waals surface area contributed by atoms with E-state index in [2.05, 4.69) is 32.0 Å². The molecule has 1 fully saturated rings. The maximum Gasteiger partial charge on any atom is 0.124 e. The molecular formula is C16H25NO. The third kappa shape index (κ3) is 2.86. The Balaban J connectivity index is 2.25. The van der Waals surface area contributed by atoms with Crippen LogP contribution in [0, 0.1) is 5.92 Å². The molecule has 0 spiro atoms. The van der Waals surface area contributed by atoms with Crippen LogP contribution in [0.1, 0.15) is 51.5 Å². The summed E-state index contributed by atoms with van der Waals surface area (Å²) in [6.07, 6.45) is 5.70. The Morgan fingerprint density at radius 1 is 1.39 bits per heavy atom. The topological polar surface area (TPSA) is 35.2 Å². The van der Waals surface area contributed by atoms with E-state index in [1.54, 1.807) is 0 Å². The van der Waals surface area contributed by atoms with Crippen molar-refractivity contribution >= 4 is 0 Å². The van der Waals surface area contributed by atoms with Crippen LogP contribution in [-0.2, 0) is 5.54 Å². The largest absolute Gasteiger partial charge is 0.493 e. The van der Waals surface area contributed by atoms with Crippen LogP contribution < -0.4 is 10.5 Å². The van der Waals surface area contributed by atoms with Gasteiger partial charge in [0.05, 0.1) is 6.61 Å². The lowest BCUT2D eigenvalue weighted by Gasteiger charge is -2.38. The molecular weight excluding hydrogens is 222 g/mol. The predicted molar refractivity (Wildman–Crippen MR) is 75.7 cm³/mol. The van der Waals surface area contributed by atoms with Crippen molar-refractivity contribution in [2.75, 3.05) is 6.61 Å². The molecule has 100 valence electrons. The van der Waals surface area contributed by atoms with Crippen LogP contribution in [0.25, 0.3) is 0 Å². The normalized spacial score (nSPS) is 28.1. The van der Waals surface area contributed by atoms with Crippen molar-refractivity contribution in [3.05, 3.63) is 29.8 Å². The van der Waals surface area contributed by atoms with Crippen molar-refractivity contribution in [1.29, 1.82) is 0 Å². The van der Waals surface area contributed by atoms with Crippen LogP contribution in [0.15, 0.2) is 24.3 Å². The molecule has 0 heterocycles. The molecule has 2 unspecified atom stereocenters. The third-order valence-corrected chi connectivity index (χ3v) is 3.92. The van der Waals surface area contributed by atoms with E-state index in [0.29, 0.717) is 5.92 Å². The standard InChI is InChI=1S/C16H25NO/c1-3-11-18-15-9-5-4-8-14(15)16(17)10-6-7-13(2)12-16/h4-5,8-9,13H,3,6-7,10-12,17H2,1-2H3. The highest BCUT2D eigenvalue weighted by Gasteiger charge is 2.34. The first kappa shape index (κ1) is 13.4. The summed E-state index contributed by atoms with van der Waals surface area (Å²) < 4.78 is 5.86. The van der Waals surface area contributed by atoms with Gasteiger partial charge >= 0.3 is 0 Å². The first-order chi connectivity index (χ1) is 8.65. The monoisotopic (exact) mass is 247 g/mol. The van der Waals surface area contributed by atoms with E-state index >= 15 is 0 Å². The molecule has 2 rings (SSSR count). The third-order valence-electron chi connectivity index (χ3n) is 3.92. The zero-order valence-electron chi connectivity index (χ0n) is 11.6. The molecule has 2 nitrogen and oxygen atoms in total. The van der Waals surface area contributed by atoms with Crippen LogP contribution in [0.2, 0.25) is 0 Å². The van der Waals surface area contributed by atoms with Crippen molar-refractivity contribution in [2.24, 2.45) is 11.7 Å². The van der Waals surface area contributed by atoms with E-state index in [-0.39, 0.29) is 5.54 Å². The molecule has 2 atom stereocenters. The fraction of sp³-hybridized carbons (Fsp3) is 0.625. The summed E-state index contributed by atoms with van der Waals surface area (Å²) in [6.45, 7) is 5.20. The second-order valence-corrected chi connectivity index (χ2v) is 5.70. The van der Waals surface area contributed by atoms with Crippen LogP contribution in [0.5, 0.6) is 5.75 Å². The fourth-order valence-corrected chi connectivity index (χ4v) is 3.05. The molecule has 2 N–H and O–H groups in total. The molecule has 0 amide bonds. The van der Waals surface area contributed by atoms with Crippen molar-refractivity contribution < 1.29 is 4.74 Å². The summed E-state index contributed by atoms with van der Waals surface area (Å²) >= 11 is 0. The molecule has 1 aromatic rings. The Kier molecular flexibility index (Phi) is 4.28. The summed E-state index contributed by atoms with van der Waals surface area (Å²) in [6, 6.07) is 8.30. The smallest absolute Gasteiger partial charge is 0.124 e. The maximum absolute atomic E-state index is 6.66. The summed E-state index contributed by atoms with van der Waals surface area (Å²) in [5.74, 6) is 1.69. The van der Waals surface area contributed by atoms with E-state index in [9.17, 15) is 0 Å². The summed E-state index contributed by atoms with van der Waals surface area (Å²) in [4.78, 5) is 0. The zero-order chi connectivity index (χ0) is 13.0. The van der Waals surface area contributed by atoms with Crippen LogP contribution in [-0.4, -0.2) is 6.61 Å². The molecule has 18 heavy (non-hydrogen) atoms. The van der Waals surface area contributed by atoms with Gasteiger partial charge in [0.15, 0.2) is 0 Å². The number of hydrogen-bond donors (Lipinski definition) is 1. The number of ether oxygens (including phenoxy) is 1. The Morgan fingerprint density at radius 2 is 2.17 bits per heavy atom. The van der Waals surface area contributed by atoms with E-state index in [4.69, 9.17) is 10.5 Å². The first-order valence-corrected chi connectivity index (χ1v) is 7.17. The molecule has 1 aliphatic carbocycles. The fourth-order valence-electron chi connectivity index (χ4n) is 3.05. The van der Waals surface area contributed by atoms with Crippen molar-refractivity contribution in [3.63, 3.8) is 0 Å². The molecule has 1 aliphatic rings. The SMILES string of the molecule is CCCOc1ccccc1C1(N)CCCC(C)C1. The van der Waals surface area contributed by atoms with E-state index < -0.39 is 0 Å². The van der Waals surface area contributed by atoms with E-state index in [1.807, 2.05) is 6.07 Å². The van der Waals surface area contributed by atoms with Gasteiger partial charge in [0, 0.05) is 11.1 Å². The number of benzene rings is 1. The molecule has 0 aromatic heterocycles. The van der Waals surface area contributed by atoms with Gasteiger partial charge in [-0.3, -0.25) is 0 Å². The number of rotatable bonds is 4. The van der Waals surface area contributed by atoms with Gasteiger partial charge in [0.1, 0.15) is 5.75 Å². The summed E-state index contributed by atoms with van der Waals surface area (Å²) in [5.41, 5.74) is 7.67. The maximum atomic E-state index is 6.66. The highest BCUT2D eigenvalue weighted by atomic mass is 16.5. The average molecular weight is 247 g/mol. The lowest BCUT2D eigenvalue weighted by atomic mass is 9.73. The number of para-hydroxylation sites is 1.